The lowest BCUT2D eigenvalue weighted by molar-refractivity contribution is -0.119. The average molecular weight is 176 g/mol. The first kappa shape index (κ1) is 8.23. The fraction of sp³-hybridized carbons (Fsp3) is 0.400. The molecule has 2 heterocycles. The van der Waals surface area contributed by atoms with E-state index in [-0.39, 0.29) is 5.91 Å². The van der Waals surface area contributed by atoms with E-state index in [9.17, 15) is 4.79 Å². The lowest BCUT2D eigenvalue weighted by Crippen LogP contribution is -2.26. The number of aromatic nitrogens is 1. The first-order valence-corrected chi connectivity index (χ1v) is 4.30. The van der Waals surface area contributed by atoms with Crippen molar-refractivity contribution < 1.29 is 4.79 Å². The average Bonchev–Trinajstić information content (AvgIpc) is 2.27. The van der Waals surface area contributed by atoms with E-state index < -0.39 is 5.41 Å². The maximum Gasteiger partial charge on any atom is 0.235 e. The summed E-state index contributed by atoms with van der Waals surface area (Å²) < 4.78 is 0. The number of amides is 1. The molecule has 1 amide bonds. The van der Waals surface area contributed by atoms with E-state index in [1.807, 2.05) is 26.8 Å². The smallest absolute Gasteiger partial charge is 0.235 e. The summed E-state index contributed by atoms with van der Waals surface area (Å²) >= 11 is 0. The largest absolute Gasteiger partial charge is 0.310 e. The molecular weight excluding hydrogens is 164 g/mol. The minimum Gasteiger partial charge on any atom is -0.310 e. The standard InChI is InChI=1S/C10H12N2O/c1-6-4-7-8(11-5-6)12-9(13)10(7,2)3/h4-5H,1-3H3,(H,11,12,13). The molecule has 0 saturated carbocycles. The molecule has 1 aromatic heterocycles. The van der Waals surface area contributed by atoms with Crippen LogP contribution in [0.2, 0.25) is 0 Å². The number of nitrogens with one attached hydrogen (secondary N) is 1. The van der Waals surface area contributed by atoms with Gasteiger partial charge in [0.1, 0.15) is 5.82 Å². The van der Waals surface area contributed by atoms with Crippen LogP contribution in [0, 0.1) is 6.92 Å². The number of pyridine rings is 1. The van der Waals surface area contributed by atoms with Crippen LogP contribution in [0.15, 0.2) is 12.3 Å². The summed E-state index contributed by atoms with van der Waals surface area (Å²) in [6.07, 6.45) is 1.76. The lowest BCUT2D eigenvalue weighted by Gasteiger charge is -2.14. The van der Waals surface area contributed by atoms with Crippen LogP contribution in [0.1, 0.15) is 25.0 Å². The minimum absolute atomic E-state index is 0.0283. The maximum absolute atomic E-state index is 11.5. The molecule has 0 aliphatic carbocycles. The number of hydrogen-bond donors (Lipinski definition) is 1. The van der Waals surface area contributed by atoms with Crippen LogP contribution in [0.3, 0.4) is 0 Å². The van der Waals surface area contributed by atoms with Gasteiger partial charge >= 0.3 is 0 Å². The highest BCUT2D eigenvalue weighted by atomic mass is 16.2. The zero-order chi connectivity index (χ0) is 9.64. The molecule has 0 unspecified atom stereocenters. The lowest BCUT2D eigenvalue weighted by atomic mass is 9.87. The molecule has 0 aromatic carbocycles. The van der Waals surface area contributed by atoms with Gasteiger partial charge in [-0.25, -0.2) is 4.98 Å². The van der Waals surface area contributed by atoms with Crippen LogP contribution < -0.4 is 5.32 Å². The number of hydrogen-bond acceptors (Lipinski definition) is 2. The predicted octanol–water partition coefficient (Wildman–Crippen LogP) is 1.62. The normalized spacial score (nSPS) is 18.2. The van der Waals surface area contributed by atoms with E-state index in [1.54, 1.807) is 6.20 Å². The number of aryl methyl sites for hydroxylation is 1. The molecule has 0 spiro atoms. The maximum atomic E-state index is 11.5. The second kappa shape index (κ2) is 2.31. The molecule has 68 valence electrons. The van der Waals surface area contributed by atoms with Crippen LogP contribution in [0.4, 0.5) is 5.82 Å². The van der Waals surface area contributed by atoms with Crippen molar-refractivity contribution in [3.63, 3.8) is 0 Å². The van der Waals surface area contributed by atoms with Gasteiger partial charge in [-0.2, -0.15) is 0 Å². The molecule has 1 aliphatic heterocycles. The highest BCUT2D eigenvalue weighted by Crippen LogP contribution is 2.35. The van der Waals surface area contributed by atoms with Gasteiger partial charge in [-0.3, -0.25) is 4.79 Å². The van der Waals surface area contributed by atoms with Gasteiger partial charge in [-0.1, -0.05) is 0 Å². The van der Waals surface area contributed by atoms with Crippen molar-refractivity contribution in [1.29, 1.82) is 0 Å². The van der Waals surface area contributed by atoms with Gasteiger partial charge < -0.3 is 5.32 Å². The van der Waals surface area contributed by atoms with E-state index in [0.29, 0.717) is 5.82 Å². The van der Waals surface area contributed by atoms with Gasteiger partial charge in [-0.15, -0.1) is 0 Å². The molecule has 0 radical (unpaired) electrons. The SMILES string of the molecule is Cc1cnc2c(c1)C(C)(C)C(=O)N2. The summed E-state index contributed by atoms with van der Waals surface area (Å²) in [7, 11) is 0. The molecule has 13 heavy (non-hydrogen) atoms. The number of nitrogens with zero attached hydrogens (tertiary/aromatic N) is 1. The van der Waals surface area contributed by atoms with Crippen LogP contribution in [-0.2, 0) is 10.2 Å². The van der Waals surface area contributed by atoms with Gasteiger partial charge in [-0.05, 0) is 32.4 Å². The zero-order valence-corrected chi connectivity index (χ0v) is 8.01. The molecule has 0 fully saturated rings. The minimum atomic E-state index is -0.436. The Balaban J connectivity index is 2.64. The van der Waals surface area contributed by atoms with Crippen LogP contribution in [0.25, 0.3) is 0 Å². The number of carbonyl (C=O) groups is 1. The summed E-state index contributed by atoms with van der Waals surface area (Å²) in [6.45, 7) is 5.80. The molecule has 1 N–H and O–H groups in total. The van der Waals surface area contributed by atoms with Crippen molar-refractivity contribution >= 4 is 11.7 Å². The Hall–Kier alpha value is -1.38. The van der Waals surface area contributed by atoms with E-state index in [2.05, 4.69) is 10.3 Å². The van der Waals surface area contributed by atoms with E-state index >= 15 is 0 Å². The predicted molar refractivity (Wildman–Crippen MR) is 50.6 cm³/mol. The second-order valence-electron chi connectivity index (χ2n) is 3.99. The van der Waals surface area contributed by atoms with Gasteiger partial charge in [0.2, 0.25) is 5.91 Å². The third-order valence-corrected chi connectivity index (χ3v) is 2.50. The van der Waals surface area contributed by atoms with Crippen molar-refractivity contribution in [3.05, 3.63) is 23.4 Å². The summed E-state index contributed by atoms with van der Waals surface area (Å²) in [6, 6.07) is 2.01. The van der Waals surface area contributed by atoms with Crippen molar-refractivity contribution in [2.24, 2.45) is 0 Å². The number of fused-ring (bicyclic) bond motifs is 1. The number of rotatable bonds is 0. The molecular formula is C10H12N2O. The Bertz CT molecular complexity index is 383. The quantitative estimate of drug-likeness (QED) is 0.652. The third-order valence-electron chi connectivity index (χ3n) is 2.50. The molecule has 2 rings (SSSR count). The first-order valence-electron chi connectivity index (χ1n) is 4.30. The van der Waals surface area contributed by atoms with Crippen molar-refractivity contribution in [3.8, 4) is 0 Å². The molecule has 0 bridgehead atoms. The van der Waals surface area contributed by atoms with Crippen LogP contribution in [0.5, 0.6) is 0 Å². The van der Waals surface area contributed by atoms with Gasteiger partial charge in [0, 0.05) is 11.8 Å². The number of carbonyl (C=O) groups excluding carboxylic acids is 1. The number of anilines is 1. The Morgan fingerprint density at radius 3 is 2.85 bits per heavy atom. The zero-order valence-electron chi connectivity index (χ0n) is 8.01. The first-order chi connectivity index (χ1) is 6.01. The summed E-state index contributed by atoms with van der Waals surface area (Å²) in [5.74, 6) is 0.737. The van der Waals surface area contributed by atoms with E-state index in [0.717, 1.165) is 11.1 Å². The van der Waals surface area contributed by atoms with Gasteiger partial charge in [0.15, 0.2) is 0 Å². The highest BCUT2D eigenvalue weighted by Gasteiger charge is 2.39. The van der Waals surface area contributed by atoms with Gasteiger partial charge in [0.05, 0.1) is 5.41 Å². The van der Waals surface area contributed by atoms with E-state index in [1.165, 1.54) is 0 Å². The Morgan fingerprint density at radius 1 is 1.46 bits per heavy atom. The molecule has 0 atom stereocenters. The molecule has 3 nitrogen and oxygen atoms in total. The topological polar surface area (TPSA) is 42.0 Å². The highest BCUT2D eigenvalue weighted by molar-refractivity contribution is 6.04. The third kappa shape index (κ3) is 1.03. The fourth-order valence-corrected chi connectivity index (χ4v) is 1.53. The molecule has 0 saturated heterocycles. The second-order valence-corrected chi connectivity index (χ2v) is 3.99. The van der Waals surface area contributed by atoms with Gasteiger partial charge in [0.25, 0.3) is 0 Å². The molecule has 1 aromatic rings. The Kier molecular flexibility index (Phi) is 1.46. The van der Waals surface area contributed by atoms with Crippen molar-refractivity contribution in [1.82, 2.24) is 4.98 Å². The molecule has 3 heteroatoms. The fourth-order valence-electron chi connectivity index (χ4n) is 1.53. The van der Waals surface area contributed by atoms with E-state index in [4.69, 9.17) is 0 Å². The summed E-state index contributed by atoms with van der Waals surface area (Å²) in [5, 5.41) is 2.76. The monoisotopic (exact) mass is 176 g/mol. The Labute approximate surface area is 77.2 Å². The van der Waals surface area contributed by atoms with Crippen molar-refractivity contribution in [2.75, 3.05) is 5.32 Å². The summed E-state index contributed by atoms with van der Waals surface area (Å²) in [5.41, 5.74) is 1.65. The van der Waals surface area contributed by atoms with Crippen molar-refractivity contribution in [2.45, 2.75) is 26.2 Å². The molecule has 1 aliphatic rings. The van der Waals surface area contributed by atoms with Crippen LogP contribution >= 0.6 is 0 Å². The van der Waals surface area contributed by atoms with Crippen LogP contribution in [-0.4, -0.2) is 10.9 Å². The summed E-state index contributed by atoms with van der Waals surface area (Å²) in [4.78, 5) is 15.7. The Morgan fingerprint density at radius 2 is 2.15 bits per heavy atom.